The van der Waals surface area contributed by atoms with Crippen molar-refractivity contribution >= 4 is 16.9 Å². The second-order valence-electron chi connectivity index (χ2n) is 10.6. The van der Waals surface area contributed by atoms with E-state index < -0.39 is 11.9 Å². The number of carbonyl (C=O) groups excluding carboxylic acids is 1. The van der Waals surface area contributed by atoms with Gasteiger partial charge in [0, 0.05) is 31.9 Å². The minimum Gasteiger partial charge on any atom is -0.507 e. The molecule has 13 heteroatoms. The summed E-state index contributed by atoms with van der Waals surface area (Å²) in [6, 6.07) is 16.7. The molecule has 1 amide bonds. The maximum absolute atomic E-state index is 13.3. The fourth-order valence-electron chi connectivity index (χ4n) is 5.05. The average molecular weight is 617 g/mol. The third-order valence-corrected chi connectivity index (χ3v) is 7.32. The molecule has 0 bridgehead atoms. The molecule has 0 fully saturated rings. The van der Waals surface area contributed by atoms with Crippen LogP contribution in [0.15, 0.2) is 82.1 Å². The first kappa shape index (κ1) is 29.5. The lowest BCUT2D eigenvalue weighted by molar-refractivity contribution is -0.152. The third kappa shape index (κ3) is 5.59. The first-order valence-corrected chi connectivity index (χ1v) is 13.9. The van der Waals surface area contributed by atoms with Crippen molar-refractivity contribution in [1.29, 1.82) is 0 Å². The predicted octanol–water partition coefficient (Wildman–Crippen LogP) is 5.87. The van der Waals surface area contributed by atoms with E-state index in [1.165, 1.54) is 33.8 Å². The number of benzene rings is 2. The molecule has 0 unspecified atom stereocenters. The van der Waals surface area contributed by atoms with E-state index in [-0.39, 0.29) is 29.5 Å². The molecule has 0 atom stereocenters. The molecule has 230 valence electrons. The zero-order valence-corrected chi connectivity index (χ0v) is 24.4. The number of furan rings is 1. The van der Waals surface area contributed by atoms with Crippen LogP contribution in [0.3, 0.4) is 0 Å². The number of carbonyl (C=O) groups is 1. The number of alkyl halides is 3. The van der Waals surface area contributed by atoms with Gasteiger partial charge in [0.2, 0.25) is 11.3 Å². The zero-order valence-electron chi connectivity index (χ0n) is 24.4. The molecule has 6 aromatic rings. The SMILES string of the molecule is CCc1cc(-c2ccc(C(F)(F)F)o2)n(-c2ccc3c(c2)nc(-c2cc(C(=O)N(C)C)ccc2O)n3Cc2ccc(=O)[nH]c2)n1. The number of nitrogens with one attached hydrogen (secondary N) is 1. The molecule has 0 saturated carbocycles. The van der Waals surface area contributed by atoms with Crippen molar-refractivity contribution < 1.29 is 27.5 Å². The Bertz CT molecular complexity index is 2100. The second-order valence-corrected chi connectivity index (χ2v) is 10.6. The molecule has 0 spiro atoms. The van der Waals surface area contributed by atoms with Crippen molar-refractivity contribution in [3.8, 4) is 34.3 Å². The molecule has 0 aliphatic carbocycles. The highest BCUT2D eigenvalue weighted by atomic mass is 19.4. The number of phenols is 1. The second kappa shape index (κ2) is 11.2. The number of aromatic nitrogens is 5. The number of phenolic OH excluding ortho intramolecular Hbond substituents is 1. The van der Waals surface area contributed by atoms with Crippen LogP contribution in [0.2, 0.25) is 0 Å². The summed E-state index contributed by atoms with van der Waals surface area (Å²) in [5, 5.41) is 15.5. The first-order chi connectivity index (χ1) is 21.4. The van der Waals surface area contributed by atoms with Crippen molar-refractivity contribution in [2.45, 2.75) is 26.1 Å². The van der Waals surface area contributed by atoms with Crippen molar-refractivity contribution in [3.05, 3.63) is 106 Å². The standard InChI is InChI=1S/C32H27F3N6O4/c1-4-20-14-25(27-10-11-28(45-27)32(33,34)35)41(38-20)21-7-8-24-23(15-21)37-30(40(24)17-18-5-12-29(43)36-16-18)22-13-19(6-9-26(22)42)31(44)39(2)3/h5-16,42H,4,17H2,1-3H3,(H,36,43). The number of aromatic amines is 1. The summed E-state index contributed by atoms with van der Waals surface area (Å²) >= 11 is 0. The Labute approximate surface area is 254 Å². The number of aromatic hydroxyl groups is 1. The number of fused-ring (bicyclic) bond motifs is 1. The lowest BCUT2D eigenvalue weighted by atomic mass is 10.1. The maximum atomic E-state index is 13.3. The number of imidazole rings is 1. The van der Waals surface area contributed by atoms with Crippen LogP contribution in [0, 0.1) is 0 Å². The first-order valence-electron chi connectivity index (χ1n) is 13.9. The van der Waals surface area contributed by atoms with Crippen LogP contribution in [0.25, 0.3) is 39.6 Å². The smallest absolute Gasteiger partial charge is 0.449 e. The lowest BCUT2D eigenvalue weighted by Crippen LogP contribution is -2.21. The van der Waals surface area contributed by atoms with Gasteiger partial charge >= 0.3 is 6.18 Å². The van der Waals surface area contributed by atoms with Gasteiger partial charge in [-0.15, -0.1) is 0 Å². The highest BCUT2D eigenvalue weighted by Gasteiger charge is 2.35. The van der Waals surface area contributed by atoms with E-state index in [9.17, 15) is 27.9 Å². The Balaban J connectivity index is 1.52. The Morgan fingerprint density at radius 2 is 1.84 bits per heavy atom. The normalized spacial score (nSPS) is 11.8. The van der Waals surface area contributed by atoms with Gasteiger partial charge in [0.15, 0.2) is 5.76 Å². The number of hydrogen-bond donors (Lipinski definition) is 2. The van der Waals surface area contributed by atoms with Gasteiger partial charge < -0.3 is 24.0 Å². The van der Waals surface area contributed by atoms with Gasteiger partial charge in [-0.3, -0.25) is 9.59 Å². The zero-order chi connectivity index (χ0) is 32.0. The Hall–Kier alpha value is -5.59. The highest BCUT2D eigenvalue weighted by molar-refractivity contribution is 5.96. The van der Waals surface area contributed by atoms with Crippen LogP contribution in [0.5, 0.6) is 5.75 Å². The van der Waals surface area contributed by atoms with Crippen LogP contribution >= 0.6 is 0 Å². The number of halogens is 3. The van der Waals surface area contributed by atoms with Gasteiger partial charge in [0.1, 0.15) is 17.3 Å². The molecule has 10 nitrogen and oxygen atoms in total. The average Bonchev–Trinajstić information content (AvgIpc) is 3.75. The fraction of sp³-hybridized carbons (Fsp3) is 0.188. The molecule has 0 aliphatic heterocycles. The molecule has 0 saturated heterocycles. The molecule has 4 heterocycles. The van der Waals surface area contributed by atoms with Gasteiger partial charge in [0.25, 0.3) is 5.91 Å². The summed E-state index contributed by atoms with van der Waals surface area (Å²) in [5.41, 5.74) is 3.80. The molecule has 6 rings (SSSR count). The Kier molecular flexibility index (Phi) is 7.31. The number of rotatable bonds is 7. The molecule has 4 aromatic heterocycles. The maximum Gasteiger partial charge on any atom is 0.449 e. The number of H-pyrrole nitrogens is 1. The molecule has 0 radical (unpaired) electrons. The fourth-order valence-corrected chi connectivity index (χ4v) is 5.05. The monoisotopic (exact) mass is 616 g/mol. The number of hydrogen-bond acceptors (Lipinski definition) is 6. The summed E-state index contributed by atoms with van der Waals surface area (Å²) in [5.74, 6) is -1.10. The van der Waals surface area contributed by atoms with Crippen LogP contribution < -0.4 is 5.56 Å². The van der Waals surface area contributed by atoms with Gasteiger partial charge in [0.05, 0.1) is 34.5 Å². The Morgan fingerprint density at radius 1 is 1.04 bits per heavy atom. The van der Waals surface area contributed by atoms with E-state index in [1.807, 2.05) is 11.5 Å². The molecule has 2 aromatic carbocycles. The highest BCUT2D eigenvalue weighted by Crippen LogP contribution is 2.36. The van der Waals surface area contributed by atoms with E-state index in [1.54, 1.807) is 56.7 Å². The van der Waals surface area contributed by atoms with Gasteiger partial charge in [-0.05, 0) is 66.6 Å². The van der Waals surface area contributed by atoms with Crippen LogP contribution in [-0.2, 0) is 19.1 Å². The largest absolute Gasteiger partial charge is 0.507 e. The van der Waals surface area contributed by atoms with Crippen molar-refractivity contribution in [1.82, 2.24) is 29.2 Å². The molecule has 2 N–H and O–H groups in total. The summed E-state index contributed by atoms with van der Waals surface area (Å²) < 4.78 is 48.4. The number of amides is 1. The van der Waals surface area contributed by atoms with Crippen LogP contribution in [0.1, 0.15) is 34.3 Å². The third-order valence-electron chi connectivity index (χ3n) is 7.32. The van der Waals surface area contributed by atoms with E-state index >= 15 is 0 Å². The number of aryl methyl sites for hydroxylation is 1. The molecular weight excluding hydrogens is 589 g/mol. The van der Waals surface area contributed by atoms with Crippen molar-refractivity contribution in [2.75, 3.05) is 14.1 Å². The van der Waals surface area contributed by atoms with Gasteiger partial charge in [-0.2, -0.15) is 18.3 Å². The summed E-state index contributed by atoms with van der Waals surface area (Å²) in [6.07, 6.45) is -2.52. The van der Waals surface area contributed by atoms with E-state index in [0.717, 1.165) is 11.6 Å². The van der Waals surface area contributed by atoms with Gasteiger partial charge in [-0.25, -0.2) is 9.67 Å². The quantitative estimate of drug-likeness (QED) is 0.231. The lowest BCUT2D eigenvalue weighted by Gasteiger charge is -2.14. The van der Waals surface area contributed by atoms with E-state index in [2.05, 4.69) is 10.1 Å². The molecule has 0 aliphatic rings. The van der Waals surface area contributed by atoms with E-state index in [4.69, 9.17) is 9.40 Å². The Morgan fingerprint density at radius 3 is 2.51 bits per heavy atom. The van der Waals surface area contributed by atoms with Crippen LogP contribution in [-0.4, -0.2) is 54.3 Å². The minimum absolute atomic E-state index is 0.00575. The number of pyridine rings is 1. The summed E-state index contributed by atoms with van der Waals surface area (Å²) in [7, 11) is 3.25. The van der Waals surface area contributed by atoms with E-state index in [0.29, 0.717) is 51.5 Å². The minimum atomic E-state index is -4.63. The van der Waals surface area contributed by atoms with Crippen molar-refractivity contribution in [2.24, 2.45) is 0 Å². The van der Waals surface area contributed by atoms with Gasteiger partial charge in [-0.1, -0.05) is 13.0 Å². The van der Waals surface area contributed by atoms with Crippen molar-refractivity contribution in [3.63, 3.8) is 0 Å². The summed E-state index contributed by atoms with van der Waals surface area (Å²) in [6.45, 7) is 2.14. The number of nitrogens with zero attached hydrogens (tertiary/aromatic N) is 5. The topological polar surface area (TPSA) is 122 Å². The summed E-state index contributed by atoms with van der Waals surface area (Å²) in [4.78, 5) is 33.4. The predicted molar refractivity (Wildman–Crippen MR) is 160 cm³/mol. The molecular formula is C32H27F3N6O4. The molecule has 45 heavy (non-hydrogen) atoms. The van der Waals surface area contributed by atoms with Crippen LogP contribution in [0.4, 0.5) is 13.2 Å².